The Morgan fingerprint density at radius 2 is 1.68 bits per heavy atom. The first-order chi connectivity index (χ1) is 22.2. The predicted octanol–water partition coefficient (Wildman–Crippen LogP) is 5.66. The fourth-order valence-electron chi connectivity index (χ4n) is 9.71. The van der Waals surface area contributed by atoms with Crippen molar-refractivity contribution in [2.45, 2.75) is 94.4 Å². The van der Waals surface area contributed by atoms with Crippen molar-refractivity contribution in [3.05, 3.63) is 87.7 Å². The maximum absolute atomic E-state index is 13.5. The van der Waals surface area contributed by atoms with Crippen molar-refractivity contribution in [1.82, 2.24) is 0 Å². The number of hydrogen-bond donors (Lipinski definition) is 1. The minimum atomic E-state index is -4.56. The van der Waals surface area contributed by atoms with Crippen LogP contribution in [0.5, 0.6) is 0 Å². The molecule has 0 bridgehead atoms. The Morgan fingerprint density at radius 1 is 1.00 bits per heavy atom. The lowest BCUT2D eigenvalue weighted by Gasteiger charge is -2.53. The van der Waals surface area contributed by atoms with Gasteiger partial charge in [-0.25, -0.2) is 9.59 Å². The molecule has 7 aliphatic rings. The molecule has 9 atom stereocenters. The maximum atomic E-state index is 13.5. The van der Waals surface area contributed by atoms with Gasteiger partial charge >= 0.3 is 18.1 Å². The zero-order valence-corrected chi connectivity index (χ0v) is 26.1. The topological polar surface area (TPSA) is 110 Å². The third kappa shape index (κ3) is 3.48. The van der Waals surface area contributed by atoms with E-state index in [1.165, 1.54) is 0 Å². The van der Waals surface area contributed by atoms with Crippen LogP contribution in [0.2, 0.25) is 0 Å². The molecule has 4 heterocycles. The van der Waals surface area contributed by atoms with Crippen LogP contribution in [-0.2, 0) is 34.7 Å². The highest BCUT2D eigenvalue weighted by Gasteiger charge is 3.00. The number of rotatable bonds is 4. The number of benzene rings is 2. The van der Waals surface area contributed by atoms with Crippen LogP contribution in [-0.4, -0.2) is 58.3 Å². The summed E-state index contributed by atoms with van der Waals surface area (Å²) in [6, 6.07) is 10.9. The lowest BCUT2D eigenvalue weighted by atomic mass is 9.46. The summed E-state index contributed by atoms with van der Waals surface area (Å²) >= 11 is 0. The Bertz CT molecular complexity index is 1830. The smallest absolute Gasteiger partial charge is 0.416 e. The van der Waals surface area contributed by atoms with Crippen molar-refractivity contribution >= 4 is 17.7 Å². The fourth-order valence-corrected chi connectivity index (χ4v) is 9.71. The maximum Gasteiger partial charge on any atom is 0.416 e. The Balaban J connectivity index is 1.14. The van der Waals surface area contributed by atoms with Crippen LogP contribution < -0.4 is 0 Å². The van der Waals surface area contributed by atoms with Crippen molar-refractivity contribution in [2.24, 2.45) is 17.3 Å². The molecule has 2 saturated carbocycles. The zero-order valence-electron chi connectivity index (χ0n) is 26.1. The monoisotopic (exact) mass is 650 g/mol. The summed E-state index contributed by atoms with van der Waals surface area (Å²) < 4.78 is 71.0. The van der Waals surface area contributed by atoms with E-state index >= 15 is 0 Å². The van der Waals surface area contributed by atoms with Crippen LogP contribution in [0.3, 0.4) is 0 Å². The molecule has 11 heteroatoms. The number of ether oxygens (including phenoxy) is 5. The molecule has 1 N–H and O–H groups in total. The number of epoxide rings is 3. The molecule has 4 aliphatic heterocycles. The van der Waals surface area contributed by atoms with Crippen LogP contribution >= 0.6 is 0 Å². The molecule has 8 nitrogen and oxygen atoms in total. The summed E-state index contributed by atoms with van der Waals surface area (Å²) in [5.41, 5.74) is -1.50. The molecule has 47 heavy (non-hydrogen) atoms. The van der Waals surface area contributed by atoms with Gasteiger partial charge in [-0.1, -0.05) is 50.6 Å². The summed E-state index contributed by atoms with van der Waals surface area (Å²) in [7, 11) is 0. The van der Waals surface area contributed by atoms with Gasteiger partial charge in [0.25, 0.3) is 0 Å². The van der Waals surface area contributed by atoms with Crippen LogP contribution in [0.25, 0.3) is 5.76 Å². The average Bonchev–Trinajstić information content (AvgIpc) is 3.94. The van der Waals surface area contributed by atoms with Crippen LogP contribution in [0, 0.1) is 24.2 Å². The van der Waals surface area contributed by atoms with Gasteiger partial charge in [-0.2, -0.15) is 13.2 Å². The SMILES string of the molecule is Cc1ccc(/C(OC(=O)c2ccc(C(F)(F)F)cc2)=C2\OC(=O)C3=C2[C@@H]2C[C@@H]4O[C@@]45[C@H](O)[C@@]4(C(C)C)O[C@H]4[C@@H]4O[C@@]45[C@@]2(C)CC3)cc1. The van der Waals surface area contributed by atoms with Gasteiger partial charge in [-0.05, 0) is 62.3 Å². The predicted molar refractivity (Wildman–Crippen MR) is 157 cm³/mol. The molecule has 0 radical (unpaired) electrons. The summed E-state index contributed by atoms with van der Waals surface area (Å²) in [6.07, 6.45) is -4.85. The molecule has 5 fully saturated rings. The first kappa shape index (κ1) is 29.6. The molecular weight excluding hydrogens is 617 g/mol. The van der Waals surface area contributed by atoms with E-state index in [9.17, 15) is 27.9 Å². The normalized spacial score (nSPS) is 41.5. The molecule has 9 rings (SSSR count). The van der Waals surface area contributed by atoms with Gasteiger partial charge in [0.15, 0.2) is 17.1 Å². The number of esters is 2. The van der Waals surface area contributed by atoms with E-state index < -0.39 is 52.0 Å². The number of aryl methyl sites for hydroxylation is 1. The molecule has 3 saturated heterocycles. The van der Waals surface area contributed by atoms with E-state index in [0.717, 1.165) is 29.8 Å². The van der Waals surface area contributed by atoms with Gasteiger partial charge < -0.3 is 28.8 Å². The van der Waals surface area contributed by atoms with E-state index in [1.807, 2.05) is 32.9 Å². The minimum absolute atomic E-state index is 0.00449. The largest absolute Gasteiger partial charge is 0.419 e. The van der Waals surface area contributed by atoms with Gasteiger partial charge in [0.05, 0.1) is 17.2 Å². The van der Waals surface area contributed by atoms with Gasteiger partial charge in [-0.3, -0.25) is 0 Å². The number of allylic oxidation sites excluding steroid dienone is 1. The molecule has 0 amide bonds. The van der Waals surface area contributed by atoms with Crippen molar-refractivity contribution < 1.29 is 51.6 Å². The van der Waals surface area contributed by atoms with E-state index in [2.05, 4.69) is 6.92 Å². The molecule has 3 aliphatic carbocycles. The van der Waals surface area contributed by atoms with Gasteiger partial charge in [0.2, 0.25) is 0 Å². The van der Waals surface area contributed by atoms with Gasteiger partial charge in [0.1, 0.15) is 29.5 Å². The van der Waals surface area contributed by atoms with Crippen molar-refractivity contribution in [3.8, 4) is 0 Å². The standard InChI is InChI=1S/C36H33F3O8/c1-16(2)33-27(46-33)28-35(47-28)32(4)14-13-21-24(22(32)15-23-34(35,45-23)31(33)42)26(44-30(21)41)25(18-7-5-17(3)6-8-18)43-29(40)19-9-11-20(12-10-19)36(37,38)39/h5-12,16,22-23,27-28,31,42H,13-15H2,1-4H3/b26-25+/t22-,23-,27-,28-,31+,32-,33-,34+,35+/m0/s1. The Labute approximate surface area is 268 Å². The van der Waals surface area contributed by atoms with Crippen LogP contribution in [0.15, 0.2) is 65.4 Å². The highest BCUT2D eigenvalue weighted by atomic mass is 19.4. The van der Waals surface area contributed by atoms with E-state index in [0.29, 0.717) is 36.0 Å². The zero-order chi connectivity index (χ0) is 33.1. The van der Waals surface area contributed by atoms with Crippen LogP contribution in [0.4, 0.5) is 13.2 Å². The number of cyclic esters (lactones) is 1. The molecular formula is C36H33F3O8. The minimum Gasteiger partial charge on any atom is -0.419 e. The molecule has 0 unspecified atom stereocenters. The van der Waals surface area contributed by atoms with Crippen LogP contribution in [0.1, 0.15) is 67.1 Å². The highest BCUT2D eigenvalue weighted by molar-refractivity contribution is 5.99. The number of aliphatic hydroxyl groups is 1. The number of alkyl halides is 3. The number of halogens is 3. The summed E-state index contributed by atoms with van der Waals surface area (Å²) in [6.45, 7) is 8.10. The summed E-state index contributed by atoms with van der Waals surface area (Å²) in [5, 5.41) is 11.9. The van der Waals surface area contributed by atoms with E-state index in [-0.39, 0.29) is 47.2 Å². The quantitative estimate of drug-likeness (QED) is 0.257. The lowest BCUT2D eigenvalue weighted by Crippen LogP contribution is -2.69. The molecule has 246 valence electrons. The molecule has 2 aromatic rings. The molecule has 2 aromatic carbocycles. The highest BCUT2D eigenvalue weighted by Crippen LogP contribution is 2.83. The number of aliphatic hydroxyl groups excluding tert-OH is 1. The van der Waals surface area contributed by atoms with Gasteiger partial charge in [-0.15, -0.1) is 0 Å². The number of carbonyl (C=O) groups excluding carboxylic acids is 2. The number of hydrogen-bond acceptors (Lipinski definition) is 8. The third-order valence-corrected chi connectivity index (χ3v) is 12.2. The number of carbonyl (C=O) groups is 2. The van der Waals surface area contributed by atoms with Crippen molar-refractivity contribution in [2.75, 3.05) is 0 Å². The van der Waals surface area contributed by atoms with Crippen molar-refractivity contribution in [3.63, 3.8) is 0 Å². The molecule has 2 spiro atoms. The molecule has 0 aromatic heterocycles. The summed E-state index contributed by atoms with van der Waals surface area (Å²) in [5.74, 6) is -1.55. The Morgan fingerprint density at radius 3 is 2.34 bits per heavy atom. The van der Waals surface area contributed by atoms with E-state index in [4.69, 9.17) is 23.7 Å². The fraction of sp³-hybridized carbons (Fsp3) is 0.500. The number of fused-ring (bicyclic) bond motifs is 4. The summed E-state index contributed by atoms with van der Waals surface area (Å²) in [4.78, 5) is 27.0. The second-order valence-corrected chi connectivity index (χ2v) is 14.6. The van der Waals surface area contributed by atoms with E-state index in [1.54, 1.807) is 12.1 Å². The third-order valence-electron chi connectivity index (χ3n) is 12.2. The lowest BCUT2D eigenvalue weighted by molar-refractivity contribution is -0.137. The Kier molecular flexibility index (Phi) is 5.63. The average molecular weight is 651 g/mol. The van der Waals surface area contributed by atoms with Gasteiger partial charge in [0, 0.05) is 22.1 Å². The first-order valence-corrected chi connectivity index (χ1v) is 16.1. The second kappa shape index (κ2) is 8.93. The second-order valence-electron chi connectivity index (χ2n) is 14.6. The van der Waals surface area contributed by atoms with Crippen molar-refractivity contribution in [1.29, 1.82) is 0 Å². The first-order valence-electron chi connectivity index (χ1n) is 16.1. The Hall–Kier alpha value is -3.51.